The van der Waals surface area contributed by atoms with Crippen LogP contribution < -0.4 is 10.2 Å². The molecule has 1 unspecified atom stereocenters. The van der Waals surface area contributed by atoms with E-state index in [0.717, 1.165) is 25.9 Å². The van der Waals surface area contributed by atoms with Gasteiger partial charge in [0.15, 0.2) is 0 Å². The number of hydrogen-bond donors (Lipinski definition) is 2. The number of rotatable bonds is 8. The molecule has 0 aromatic heterocycles. The van der Waals surface area contributed by atoms with E-state index in [0.29, 0.717) is 12.5 Å². The van der Waals surface area contributed by atoms with Crippen molar-refractivity contribution in [1.82, 2.24) is 5.32 Å². The Hall–Kier alpha value is -1.06. The second-order valence-electron chi connectivity index (χ2n) is 6.13. The predicted molar refractivity (Wildman–Crippen MR) is 89.7 cm³/mol. The van der Waals surface area contributed by atoms with Crippen molar-refractivity contribution in [2.45, 2.75) is 45.6 Å². The lowest BCUT2D eigenvalue weighted by Crippen LogP contribution is -2.29. The van der Waals surface area contributed by atoms with Gasteiger partial charge in [0, 0.05) is 31.9 Å². The molecule has 1 heterocycles. The Bertz CT molecular complexity index is 385. The fraction of sp³-hybridized carbons (Fsp3) is 0.667. The van der Waals surface area contributed by atoms with Gasteiger partial charge in [-0.1, -0.05) is 25.5 Å². The highest BCUT2D eigenvalue weighted by atomic mass is 16.3. The summed E-state index contributed by atoms with van der Waals surface area (Å²) < 4.78 is 0. The molecular weight excluding hydrogens is 260 g/mol. The first kappa shape index (κ1) is 16.3. The zero-order valence-electron chi connectivity index (χ0n) is 13.4. The number of piperidine rings is 1. The standard InChI is InChI=1S/C18H30N2O/c1-2-16(10-13-21)14-19-15-17-6-8-18(9-7-17)20-11-4-3-5-12-20/h6-9,16,19,21H,2-5,10-15H2,1H3. The van der Waals surface area contributed by atoms with Crippen LogP contribution in [-0.2, 0) is 6.54 Å². The van der Waals surface area contributed by atoms with Crippen molar-refractivity contribution in [3.05, 3.63) is 29.8 Å². The third kappa shape index (κ3) is 5.33. The maximum absolute atomic E-state index is 9.01. The van der Waals surface area contributed by atoms with E-state index in [9.17, 15) is 0 Å². The van der Waals surface area contributed by atoms with Crippen LogP contribution in [0.1, 0.15) is 44.6 Å². The highest BCUT2D eigenvalue weighted by Gasteiger charge is 2.10. The van der Waals surface area contributed by atoms with Gasteiger partial charge in [-0.3, -0.25) is 0 Å². The number of benzene rings is 1. The summed E-state index contributed by atoms with van der Waals surface area (Å²) in [5, 5.41) is 12.5. The fourth-order valence-electron chi connectivity index (χ4n) is 3.03. The number of hydrogen-bond acceptors (Lipinski definition) is 3. The van der Waals surface area contributed by atoms with E-state index < -0.39 is 0 Å². The van der Waals surface area contributed by atoms with Crippen molar-refractivity contribution in [2.24, 2.45) is 5.92 Å². The molecule has 1 aliphatic rings. The molecule has 3 heteroatoms. The zero-order valence-corrected chi connectivity index (χ0v) is 13.4. The van der Waals surface area contributed by atoms with Crippen LogP contribution in [0.3, 0.4) is 0 Å². The Kier molecular flexibility index (Phi) is 7.04. The lowest BCUT2D eigenvalue weighted by Gasteiger charge is -2.28. The summed E-state index contributed by atoms with van der Waals surface area (Å²) in [6.07, 6.45) is 6.06. The van der Waals surface area contributed by atoms with Crippen molar-refractivity contribution in [3.8, 4) is 0 Å². The Morgan fingerprint density at radius 2 is 1.86 bits per heavy atom. The van der Waals surface area contributed by atoms with Crippen LogP contribution in [0.2, 0.25) is 0 Å². The first-order valence-electron chi connectivity index (χ1n) is 8.49. The molecule has 21 heavy (non-hydrogen) atoms. The minimum atomic E-state index is 0.296. The molecule has 0 spiro atoms. The van der Waals surface area contributed by atoms with Gasteiger partial charge in [0.1, 0.15) is 0 Å². The molecular formula is C18H30N2O. The average Bonchev–Trinajstić information content (AvgIpc) is 2.55. The summed E-state index contributed by atoms with van der Waals surface area (Å²) >= 11 is 0. The van der Waals surface area contributed by atoms with E-state index in [1.807, 2.05) is 0 Å². The number of nitrogens with zero attached hydrogens (tertiary/aromatic N) is 1. The predicted octanol–water partition coefficient (Wildman–Crippen LogP) is 3.18. The normalized spacial score (nSPS) is 17.0. The maximum Gasteiger partial charge on any atom is 0.0434 e. The number of nitrogens with one attached hydrogen (secondary N) is 1. The molecule has 0 radical (unpaired) electrons. The monoisotopic (exact) mass is 290 g/mol. The average molecular weight is 290 g/mol. The number of aliphatic hydroxyl groups is 1. The highest BCUT2D eigenvalue weighted by Crippen LogP contribution is 2.20. The zero-order chi connectivity index (χ0) is 14.9. The molecule has 0 amide bonds. The van der Waals surface area contributed by atoms with Crippen molar-refractivity contribution >= 4 is 5.69 Å². The van der Waals surface area contributed by atoms with Crippen LogP contribution in [0, 0.1) is 5.92 Å². The third-order valence-corrected chi connectivity index (χ3v) is 4.53. The molecule has 1 atom stereocenters. The molecule has 0 bridgehead atoms. The Balaban J connectivity index is 1.76. The summed E-state index contributed by atoms with van der Waals surface area (Å²) in [6, 6.07) is 8.99. The van der Waals surface area contributed by atoms with Crippen LogP contribution in [0.15, 0.2) is 24.3 Å². The highest BCUT2D eigenvalue weighted by molar-refractivity contribution is 5.47. The summed E-state index contributed by atoms with van der Waals surface area (Å²) in [5.74, 6) is 0.586. The van der Waals surface area contributed by atoms with E-state index in [2.05, 4.69) is 41.4 Å². The molecule has 3 nitrogen and oxygen atoms in total. The van der Waals surface area contributed by atoms with Crippen LogP contribution in [0.4, 0.5) is 5.69 Å². The lowest BCUT2D eigenvalue weighted by atomic mass is 10.0. The molecule has 118 valence electrons. The largest absolute Gasteiger partial charge is 0.396 e. The molecule has 0 aliphatic carbocycles. The van der Waals surface area contributed by atoms with E-state index in [1.165, 1.54) is 43.6 Å². The fourth-order valence-corrected chi connectivity index (χ4v) is 3.03. The Morgan fingerprint density at radius 1 is 1.14 bits per heavy atom. The van der Waals surface area contributed by atoms with Gasteiger partial charge < -0.3 is 15.3 Å². The van der Waals surface area contributed by atoms with Crippen LogP contribution in [0.25, 0.3) is 0 Å². The van der Waals surface area contributed by atoms with Gasteiger partial charge in [-0.05, 0) is 55.8 Å². The maximum atomic E-state index is 9.01. The Morgan fingerprint density at radius 3 is 2.48 bits per heavy atom. The molecule has 1 fully saturated rings. The molecule has 1 saturated heterocycles. The van der Waals surface area contributed by atoms with Crippen LogP contribution >= 0.6 is 0 Å². The molecule has 2 rings (SSSR count). The second-order valence-corrected chi connectivity index (χ2v) is 6.13. The SMILES string of the molecule is CCC(CCO)CNCc1ccc(N2CCCCC2)cc1. The molecule has 1 aromatic rings. The topological polar surface area (TPSA) is 35.5 Å². The molecule has 0 saturated carbocycles. The van der Waals surface area contributed by atoms with Crippen molar-refractivity contribution in [3.63, 3.8) is 0 Å². The second kappa shape index (κ2) is 9.06. The first-order valence-corrected chi connectivity index (χ1v) is 8.49. The summed E-state index contributed by atoms with van der Waals surface area (Å²) in [5.41, 5.74) is 2.71. The van der Waals surface area contributed by atoms with Crippen LogP contribution in [0.5, 0.6) is 0 Å². The van der Waals surface area contributed by atoms with Gasteiger partial charge in [0.2, 0.25) is 0 Å². The van der Waals surface area contributed by atoms with Crippen LogP contribution in [-0.4, -0.2) is 31.3 Å². The van der Waals surface area contributed by atoms with Gasteiger partial charge in [0.05, 0.1) is 0 Å². The van der Waals surface area contributed by atoms with Crippen molar-refractivity contribution in [1.29, 1.82) is 0 Å². The number of anilines is 1. The van der Waals surface area contributed by atoms with Crippen molar-refractivity contribution < 1.29 is 5.11 Å². The van der Waals surface area contributed by atoms with Crippen molar-refractivity contribution in [2.75, 3.05) is 31.1 Å². The van der Waals surface area contributed by atoms with E-state index in [4.69, 9.17) is 5.11 Å². The van der Waals surface area contributed by atoms with Gasteiger partial charge >= 0.3 is 0 Å². The first-order chi connectivity index (χ1) is 10.3. The Labute approximate surface area is 129 Å². The van der Waals surface area contributed by atoms with E-state index >= 15 is 0 Å². The van der Waals surface area contributed by atoms with Gasteiger partial charge in [-0.25, -0.2) is 0 Å². The van der Waals surface area contributed by atoms with Gasteiger partial charge in [-0.2, -0.15) is 0 Å². The van der Waals surface area contributed by atoms with E-state index in [1.54, 1.807) is 0 Å². The minimum Gasteiger partial charge on any atom is -0.396 e. The molecule has 1 aromatic carbocycles. The smallest absolute Gasteiger partial charge is 0.0434 e. The van der Waals surface area contributed by atoms with Gasteiger partial charge in [0.25, 0.3) is 0 Å². The number of aliphatic hydroxyl groups excluding tert-OH is 1. The van der Waals surface area contributed by atoms with E-state index in [-0.39, 0.29) is 0 Å². The minimum absolute atomic E-state index is 0.296. The molecule has 1 aliphatic heterocycles. The quantitative estimate of drug-likeness (QED) is 0.772. The summed E-state index contributed by atoms with van der Waals surface area (Å²) in [7, 11) is 0. The third-order valence-electron chi connectivity index (χ3n) is 4.53. The summed E-state index contributed by atoms with van der Waals surface area (Å²) in [6.45, 7) is 6.81. The van der Waals surface area contributed by atoms with Gasteiger partial charge in [-0.15, -0.1) is 0 Å². The molecule has 2 N–H and O–H groups in total. The lowest BCUT2D eigenvalue weighted by molar-refractivity contribution is 0.251. The summed E-state index contributed by atoms with van der Waals surface area (Å²) in [4.78, 5) is 2.50.